The summed E-state index contributed by atoms with van der Waals surface area (Å²) in [6, 6.07) is 4.74. The molecule has 2 N–H and O–H groups in total. The molecule has 1 heterocycles. The summed E-state index contributed by atoms with van der Waals surface area (Å²) in [6.45, 7) is 4.97. The highest BCUT2D eigenvalue weighted by Gasteiger charge is 2.17. The summed E-state index contributed by atoms with van der Waals surface area (Å²) in [4.78, 5) is 12.0. The van der Waals surface area contributed by atoms with Gasteiger partial charge < -0.3 is 5.32 Å². The molecule has 0 unspecified atom stereocenters. The van der Waals surface area contributed by atoms with Crippen LogP contribution in [0.5, 0.6) is 0 Å². The Kier molecular flexibility index (Phi) is 6.41. The molecule has 0 saturated heterocycles. The van der Waals surface area contributed by atoms with Crippen molar-refractivity contribution < 1.29 is 8.42 Å². The first-order chi connectivity index (χ1) is 10.3. The largest absolute Gasteiger partial charge is 0.328 e. The molecule has 0 spiro atoms. The number of benzene rings is 1. The van der Waals surface area contributed by atoms with Crippen LogP contribution in [0.4, 0.5) is 0 Å². The van der Waals surface area contributed by atoms with Gasteiger partial charge in [0.05, 0.1) is 15.9 Å². The van der Waals surface area contributed by atoms with Crippen LogP contribution < -0.4 is 15.7 Å². The van der Waals surface area contributed by atoms with E-state index in [4.69, 9.17) is 0 Å². The van der Waals surface area contributed by atoms with E-state index in [0.29, 0.717) is 17.6 Å². The molecule has 9 heteroatoms. The lowest BCUT2D eigenvalue weighted by molar-refractivity contribution is 0.536. The third-order valence-electron chi connectivity index (χ3n) is 3.69. The smallest absolute Gasteiger partial charge is 0.313 e. The highest BCUT2D eigenvalue weighted by molar-refractivity contribution is 7.89. The first-order valence-electron chi connectivity index (χ1n) is 7.16. The summed E-state index contributed by atoms with van der Waals surface area (Å²) in [5, 5.41) is 3.14. The molecule has 7 nitrogen and oxygen atoms in total. The first-order valence-corrected chi connectivity index (χ1v) is 8.64. The van der Waals surface area contributed by atoms with E-state index in [1.54, 1.807) is 20.2 Å². The van der Waals surface area contributed by atoms with Crippen molar-refractivity contribution in [1.29, 1.82) is 0 Å². The van der Waals surface area contributed by atoms with Gasteiger partial charge in [-0.05, 0) is 31.7 Å². The molecule has 0 aliphatic heterocycles. The van der Waals surface area contributed by atoms with Crippen LogP contribution in [0.15, 0.2) is 27.9 Å². The van der Waals surface area contributed by atoms with Gasteiger partial charge in [-0.2, -0.15) is 0 Å². The lowest BCUT2D eigenvalue weighted by atomic mass is 10.3. The molecule has 0 amide bonds. The molecule has 0 saturated carbocycles. The van der Waals surface area contributed by atoms with Crippen LogP contribution in [0.1, 0.15) is 13.8 Å². The Labute approximate surface area is 142 Å². The van der Waals surface area contributed by atoms with Gasteiger partial charge in [0.25, 0.3) is 0 Å². The summed E-state index contributed by atoms with van der Waals surface area (Å²) in [7, 11) is -0.311. The van der Waals surface area contributed by atoms with E-state index < -0.39 is 10.0 Å². The molecule has 23 heavy (non-hydrogen) atoms. The van der Waals surface area contributed by atoms with Crippen molar-refractivity contribution in [2.45, 2.75) is 24.8 Å². The van der Waals surface area contributed by atoms with Gasteiger partial charge in [-0.15, -0.1) is 12.4 Å². The number of hydrogen-bond acceptors (Lipinski definition) is 4. The maximum Gasteiger partial charge on any atom is 0.328 e. The summed E-state index contributed by atoms with van der Waals surface area (Å²) >= 11 is 0. The second kappa shape index (κ2) is 7.48. The number of rotatable bonds is 6. The van der Waals surface area contributed by atoms with Gasteiger partial charge in [-0.25, -0.2) is 17.9 Å². The molecule has 2 rings (SSSR count). The number of imidazole rings is 1. The summed E-state index contributed by atoms with van der Waals surface area (Å²) in [6.07, 6.45) is 0. The molecule has 0 bridgehead atoms. The molecule has 1 atom stereocenters. The van der Waals surface area contributed by atoms with Crippen LogP contribution in [0.2, 0.25) is 0 Å². The van der Waals surface area contributed by atoms with Crippen molar-refractivity contribution in [1.82, 2.24) is 19.2 Å². The normalized spacial score (nSPS) is 13.0. The van der Waals surface area contributed by atoms with Crippen LogP contribution in [-0.2, 0) is 24.1 Å². The molecule has 2 aromatic rings. The molecule has 0 fully saturated rings. The summed E-state index contributed by atoms with van der Waals surface area (Å²) in [5.74, 6) is 0. The van der Waals surface area contributed by atoms with Crippen LogP contribution in [0.3, 0.4) is 0 Å². The van der Waals surface area contributed by atoms with Gasteiger partial charge in [0, 0.05) is 26.7 Å². The van der Waals surface area contributed by atoms with E-state index >= 15 is 0 Å². The maximum absolute atomic E-state index is 12.4. The van der Waals surface area contributed by atoms with E-state index in [2.05, 4.69) is 10.0 Å². The Bertz CT molecular complexity index is 842. The average molecular weight is 363 g/mol. The van der Waals surface area contributed by atoms with Crippen molar-refractivity contribution in [2.75, 3.05) is 13.1 Å². The van der Waals surface area contributed by atoms with Crippen molar-refractivity contribution in [3.63, 3.8) is 0 Å². The quantitative estimate of drug-likeness (QED) is 0.787. The van der Waals surface area contributed by atoms with Crippen molar-refractivity contribution >= 4 is 33.5 Å². The fourth-order valence-corrected chi connectivity index (χ4v) is 3.54. The monoisotopic (exact) mass is 362 g/mol. The van der Waals surface area contributed by atoms with Crippen LogP contribution in [0, 0.1) is 0 Å². The number of likely N-dealkylation sites (N-methyl/N-ethyl adjacent to an activating group) is 1. The summed E-state index contributed by atoms with van der Waals surface area (Å²) < 4.78 is 30.2. The number of sulfonamides is 1. The minimum atomic E-state index is -3.60. The molecule has 0 aliphatic carbocycles. The Morgan fingerprint density at radius 2 is 1.78 bits per heavy atom. The van der Waals surface area contributed by atoms with Gasteiger partial charge in [0.2, 0.25) is 10.0 Å². The topological polar surface area (TPSA) is 85.1 Å². The predicted octanol–water partition coefficient (Wildman–Crippen LogP) is 0.575. The van der Waals surface area contributed by atoms with E-state index in [-0.39, 0.29) is 29.0 Å². The first kappa shape index (κ1) is 19.7. The van der Waals surface area contributed by atoms with Crippen molar-refractivity contribution in [3.05, 3.63) is 28.7 Å². The Morgan fingerprint density at radius 1 is 1.17 bits per heavy atom. The second-order valence-corrected chi connectivity index (χ2v) is 7.13. The second-order valence-electron chi connectivity index (χ2n) is 5.36. The van der Waals surface area contributed by atoms with Crippen molar-refractivity contribution in [2.24, 2.45) is 14.1 Å². The average Bonchev–Trinajstić information content (AvgIpc) is 2.70. The zero-order valence-electron chi connectivity index (χ0n) is 13.7. The molecule has 1 aromatic heterocycles. The van der Waals surface area contributed by atoms with Crippen LogP contribution in [0.25, 0.3) is 11.0 Å². The van der Waals surface area contributed by atoms with E-state index in [9.17, 15) is 13.2 Å². The number of nitrogens with zero attached hydrogens (tertiary/aromatic N) is 2. The minimum absolute atomic E-state index is 0. The SMILES string of the molecule is CCN[C@H](C)CNS(=O)(=O)c1ccc2c(c1)n(C)c(=O)n2C.Cl. The van der Waals surface area contributed by atoms with Gasteiger partial charge in [0.1, 0.15) is 0 Å². The van der Waals surface area contributed by atoms with Crippen LogP contribution >= 0.6 is 12.4 Å². The molecule has 130 valence electrons. The number of halogens is 1. The third-order valence-corrected chi connectivity index (χ3v) is 5.11. The number of nitrogens with one attached hydrogen (secondary N) is 2. The lowest BCUT2D eigenvalue weighted by Crippen LogP contribution is -2.38. The van der Waals surface area contributed by atoms with E-state index in [1.807, 2.05) is 13.8 Å². The van der Waals surface area contributed by atoms with E-state index in [0.717, 1.165) is 6.54 Å². The van der Waals surface area contributed by atoms with Gasteiger partial charge in [0.15, 0.2) is 0 Å². The zero-order chi connectivity index (χ0) is 16.5. The number of aryl methyl sites for hydroxylation is 2. The Morgan fingerprint density at radius 3 is 2.39 bits per heavy atom. The summed E-state index contributed by atoms with van der Waals surface area (Å²) in [5.41, 5.74) is 1.11. The fourth-order valence-electron chi connectivity index (χ4n) is 2.39. The maximum atomic E-state index is 12.4. The highest BCUT2D eigenvalue weighted by Crippen LogP contribution is 2.17. The highest BCUT2D eigenvalue weighted by atomic mass is 35.5. The fraction of sp³-hybridized carbons (Fsp3) is 0.500. The van der Waals surface area contributed by atoms with Gasteiger partial charge in [-0.1, -0.05) is 6.92 Å². The molecule has 1 aromatic carbocycles. The molecule has 0 radical (unpaired) electrons. The predicted molar refractivity (Wildman–Crippen MR) is 93.7 cm³/mol. The number of hydrogen-bond donors (Lipinski definition) is 2. The van der Waals surface area contributed by atoms with E-state index in [1.165, 1.54) is 21.3 Å². The Hall–Kier alpha value is -1.35. The standard InChI is InChI=1S/C14H22N4O3S.ClH/c1-5-15-10(2)9-16-22(20,21)11-6-7-12-13(8-11)18(4)14(19)17(12)3;/h6-8,10,15-16H,5,9H2,1-4H3;1H/t10-;/m1./s1. The van der Waals surface area contributed by atoms with Crippen LogP contribution in [-0.4, -0.2) is 36.7 Å². The lowest BCUT2D eigenvalue weighted by Gasteiger charge is -2.13. The van der Waals surface area contributed by atoms with Gasteiger partial charge in [-0.3, -0.25) is 9.13 Å². The number of aromatic nitrogens is 2. The van der Waals surface area contributed by atoms with Crippen molar-refractivity contribution in [3.8, 4) is 0 Å². The molecular weight excluding hydrogens is 340 g/mol. The number of fused-ring (bicyclic) bond motifs is 1. The van der Waals surface area contributed by atoms with Gasteiger partial charge >= 0.3 is 5.69 Å². The third kappa shape index (κ3) is 3.95. The molecule has 0 aliphatic rings. The zero-order valence-corrected chi connectivity index (χ0v) is 15.3. The minimum Gasteiger partial charge on any atom is -0.313 e. The Balaban J connectivity index is 0.00000264. The molecular formula is C14H23ClN4O3S.